The van der Waals surface area contributed by atoms with Crippen molar-refractivity contribution in [2.24, 2.45) is 0 Å². The van der Waals surface area contributed by atoms with Crippen molar-refractivity contribution < 1.29 is 0 Å². The molecule has 0 heterocycles. The summed E-state index contributed by atoms with van der Waals surface area (Å²) >= 11 is 0. The topological polar surface area (TPSA) is 3.24 Å². The smallest absolute Gasteiger partial charge is 0.0725 e. The lowest BCUT2D eigenvalue weighted by Gasteiger charge is -2.32. The first-order valence-electron chi connectivity index (χ1n) is 23.0. The summed E-state index contributed by atoms with van der Waals surface area (Å²) in [4.78, 5) is 2.49. The fourth-order valence-electron chi connectivity index (χ4n) is 11.9. The molecule has 0 aromatic heterocycles. The summed E-state index contributed by atoms with van der Waals surface area (Å²) in [6.07, 6.45) is 0. The Labute approximate surface area is 384 Å². The molecule has 14 rings (SSSR count). The number of nitrogens with zero attached hydrogens (tertiary/aromatic N) is 1. The summed E-state index contributed by atoms with van der Waals surface area (Å²) in [7, 11) is 0. The minimum absolute atomic E-state index is 0.403. The van der Waals surface area contributed by atoms with Crippen LogP contribution in [0.4, 0.5) is 17.1 Å². The predicted molar refractivity (Wildman–Crippen MR) is 278 cm³/mol. The van der Waals surface area contributed by atoms with Crippen molar-refractivity contribution in [3.63, 3.8) is 0 Å². The summed E-state index contributed by atoms with van der Waals surface area (Å²) in [6, 6.07) is 92.6. The van der Waals surface area contributed by atoms with E-state index in [1.165, 1.54) is 110 Å². The van der Waals surface area contributed by atoms with Gasteiger partial charge in [-0.2, -0.15) is 0 Å². The van der Waals surface area contributed by atoms with Crippen molar-refractivity contribution in [1.82, 2.24) is 0 Å². The lowest BCUT2D eigenvalue weighted by Crippen LogP contribution is -2.25. The normalized spacial score (nSPS) is 13.0. The van der Waals surface area contributed by atoms with Gasteiger partial charge in [0.25, 0.3) is 0 Å². The Kier molecular flexibility index (Phi) is 7.97. The highest BCUT2D eigenvalue weighted by Crippen LogP contribution is 2.63. The number of hydrogen-bond donors (Lipinski definition) is 0. The van der Waals surface area contributed by atoms with Crippen LogP contribution in [0.2, 0.25) is 0 Å². The Morgan fingerprint density at radius 1 is 0.258 bits per heavy atom. The molecule has 306 valence electrons. The minimum atomic E-state index is -0.403. The molecule has 0 unspecified atom stereocenters. The van der Waals surface area contributed by atoms with E-state index in [2.05, 4.69) is 254 Å². The zero-order valence-electron chi connectivity index (χ0n) is 36.1. The standard InChI is InChI=1S/C65H41N/c1-2-17-44(18-3-1)64-48-19-5-4-16-43(48)33-39-63(64)66(46-34-30-42(31-35-46)45-32-37-53-51-22-7-6-20-49(51)50-21-8-9-23-52(50)57(53)40-45)47-36-38-62-58(41-47)56-26-12-15-29-61(56)65(62)59-27-13-10-24-54(59)55-25-11-14-28-60(55)65/h1-41H. The number of benzene rings is 12. The maximum atomic E-state index is 2.49. The Morgan fingerprint density at radius 2 is 0.727 bits per heavy atom. The Bertz CT molecular complexity index is 3850. The minimum Gasteiger partial charge on any atom is -0.310 e. The van der Waals surface area contributed by atoms with E-state index in [1.54, 1.807) is 0 Å². The van der Waals surface area contributed by atoms with Gasteiger partial charge in [0, 0.05) is 16.9 Å². The van der Waals surface area contributed by atoms with E-state index in [1.807, 2.05) is 0 Å². The average Bonchev–Trinajstić information content (AvgIpc) is 3.86. The second-order valence-corrected chi connectivity index (χ2v) is 17.9. The molecule has 0 fully saturated rings. The Balaban J connectivity index is 0.984. The van der Waals surface area contributed by atoms with Crippen molar-refractivity contribution in [1.29, 1.82) is 0 Å². The first kappa shape index (κ1) is 36.9. The Morgan fingerprint density at radius 3 is 1.36 bits per heavy atom. The molecule has 0 radical (unpaired) electrons. The Hall–Kier alpha value is -8.52. The van der Waals surface area contributed by atoms with Crippen LogP contribution in [0.1, 0.15) is 22.3 Å². The van der Waals surface area contributed by atoms with Crippen LogP contribution in [-0.2, 0) is 5.41 Å². The molecule has 0 atom stereocenters. The summed E-state index contributed by atoms with van der Waals surface area (Å²) in [5.41, 5.74) is 18.3. The molecule has 0 N–H and O–H groups in total. The largest absolute Gasteiger partial charge is 0.310 e. The van der Waals surface area contributed by atoms with Crippen LogP contribution in [0.25, 0.3) is 87.6 Å². The third kappa shape index (κ3) is 5.17. The second kappa shape index (κ2) is 14.2. The molecule has 2 aliphatic carbocycles. The zero-order valence-corrected chi connectivity index (χ0v) is 36.1. The second-order valence-electron chi connectivity index (χ2n) is 17.9. The van der Waals surface area contributed by atoms with Gasteiger partial charge < -0.3 is 4.90 Å². The summed E-state index contributed by atoms with van der Waals surface area (Å²) in [5, 5.41) is 10.2. The summed E-state index contributed by atoms with van der Waals surface area (Å²) in [5.74, 6) is 0. The molecule has 0 saturated heterocycles. The molecule has 1 spiro atoms. The van der Waals surface area contributed by atoms with E-state index >= 15 is 0 Å². The van der Waals surface area contributed by atoms with E-state index in [9.17, 15) is 0 Å². The molecule has 0 bridgehead atoms. The van der Waals surface area contributed by atoms with Gasteiger partial charge in [-0.25, -0.2) is 0 Å². The van der Waals surface area contributed by atoms with E-state index < -0.39 is 5.41 Å². The molecule has 0 aliphatic heterocycles. The number of rotatable bonds is 5. The third-order valence-corrected chi connectivity index (χ3v) is 14.7. The van der Waals surface area contributed by atoms with Crippen LogP contribution in [0, 0.1) is 0 Å². The molecule has 0 amide bonds. The fourth-order valence-corrected chi connectivity index (χ4v) is 11.9. The molecule has 1 heteroatoms. The monoisotopic (exact) mass is 835 g/mol. The predicted octanol–water partition coefficient (Wildman–Crippen LogP) is 17.4. The van der Waals surface area contributed by atoms with Crippen LogP contribution >= 0.6 is 0 Å². The maximum Gasteiger partial charge on any atom is 0.0725 e. The van der Waals surface area contributed by atoms with Crippen molar-refractivity contribution >= 4 is 60.2 Å². The van der Waals surface area contributed by atoms with Crippen LogP contribution in [0.5, 0.6) is 0 Å². The van der Waals surface area contributed by atoms with Gasteiger partial charge in [-0.15, -0.1) is 0 Å². The van der Waals surface area contributed by atoms with Gasteiger partial charge in [-0.05, 0) is 141 Å². The zero-order chi connectivity index (χ0) is 43.3. The quantitative estimate of drug-likeness (QED) is 0.156. The van der Waals surface area contributed by atoms with Crippen molar-refractivity contribution in [3.05, 3.63) is 271 Å². The molecule has 12 aromatic rings. The average molecular weight is 836 g/mol. The van der Waals surface area contributed by atoms with Crippen LogP contribution in [0.15, 0.2) is 249 Å². The molecule has 2 aliphatic rings. The van der Waals surface area contributed by atoms with E-state index in [4.69, 9.17) is 0 Å². The highest BCUT2D eigenvalue weighted by atomic mass is 15.1. The van der Waals surface area contributed by atoms with Gasteiger partial charge in [0.2, 0.25) is 0 Å². The summed E-state index contributed by atoms with van der Waals surface area (Å²) < 4.78 is 0. The maximum absolute atomic E-state index is 2.49. The van der Waals surface area contributed by atoms with Gasteiger partial charge in [0.05, 0.1) is 11.1 Å². The molecule has 0 saturated carbocycles. The highest BCUT2D eigenvalue weighted by Gasteiger charge is 2.51. The van der Waals surface area contributed by atoms with Gasteiger partial charge in [0.1, 0.15) is 0 Å². The number of fused-ring (bicyclic) bond motifs is 17. The van der Waals surface area contributed by atoms with E-state index in [-0.39, 0.29) is 0 Å². The number of anilines is 3. The van der Waals surface area contributed by atoms with Crippen molar-refractivity contribution in [2.75, 3.05) is 4.90 Å². The van der Waals surface area contributed by atoms with Crippen LogP contribution in [-0.4, -0.2) is 0 Å². The summed E-state index contributed by atoms with van der Waals surface area (Å²) in [6.45, 7) is 0. The van der Waals surface area contributed by atoms with Gasteiger partial charge in [0.15, 0.2) is 0 Å². The van der Waals surface area contributed by atoms with Crippen molar-refractivity contribution in [3.8, 4) is 44.5 Å². The van der Waals surface area contributed by atoms with Gasteiger partial charge in [-0.3, -0.25) is 0 Å². The van der Waals surface area contributed by atoms with Crippen LogP contribution < -0.4 is 4.90 Å². The SMILES string of the molecule is c1ccc(-c2c(N(c3ccc(-c4ccc5c6ccccc6c6ccccc6c5c4)cc3)c3ccc4c(c3)-c3ccccc3C43c4ccccc4-c4ccccc43)ccc3ccccc23)cc1. The van der Waals surface area contributed by atoms with Crippen molar-refractivity contribution in [2.45, 2.75) is 5.41 Å². The van der Waals surface area contributed by atoms with Gasteiger partial charge in [-0.1, -0.05) is 212 Å². The molecular weight excluding hydrogens is 795 g/mol. The molecule has 1 nitrogen and oxygen atoms in total. The molecule has 66 heavy (non-hydrogen) atoms. The van der Waals surface area contributed by atoms with E-state index in [0.717, 1.165) is 17.1 Å². The van der Waals surface area contributed by atoms with E-state index in [0.29, 0.717) is 0 Å². The highest BCUT2D eigenvalue weighted by molar-refractivity contribution is 6.25. The first-order valence-corrected chi connectivity index (χ1v) is 23.0. The number of hydrogen-bond acceptors (Lipinski definition) is 1. The van der Waals surface area contributed by atoms with Crippen LogP contribution in [0.3, 0.4) is 0 Å². The molecular formula is C65H41N. The fraction of sp³-hybridized carbons (Fsp3) is 0.0154. The lowest BCUT2D eigenvalue weighted by molar-refractivity contribution is 0.794. The third-order valence-electron chi connectivity index (χ3n) is 14.7. The van der Waals surface area contributed by atoms with Gasteiger partial charge >= 0.3 is 0 Å². The first-order chi connectivity index (χ1) is 32.8. The molecule has 12 aromatic carbocycles. The lowest BCUT2D eigenvalue weighted by atomic mass is 9.70.